The van der Waals surface area contributed by atoms with E-state index in [1.54, 1.807) is 6.92 Å². The first-order valence-corrected chi connectivity index (χ1v) is 4.62. The van der Waals surface area contributed by atoms with Gasteiger partial charge in [0.05, 0.1) is 5.57 Å². The molecule has 0 radical (unpaired) electrons. The molecule has 0 saturated heterocycles. The van der Waals surface area contributed by atoms with Crippen molar-refractivity contribution in [2.45, 2.75) is 20.8 Å². The molecule has 1 heterocycles. The Bertz CT molecular complexity index is 270. The van der Waals surface area contributed by atoms with Gasteiger partial charge in [-0.15, -0.1) is 0 Å². The molecule has 0 aromatic carbocycles. The van der Waals surface area contributed by atoms with Gasteiger partial charge in [0.1, 0.15) is 0 Å². The number of carbonyl (C=O) groups is 1. The Hall–Kier alpha value is -0.900. The van der Waals surface area contributed by atoms with E-state index >= 15 is 0 Å². The third-order valence-corrected chi connectivity index (χ3v) is 2.33. The van der Waals surface area contributed by atoms with Gasteiger partial charge < -0.3 is 5.11 Å². The average Bonchev–Trinajstić information content (AvgIpc) is 2.22. The van der Waals surface area contributed by atoms with Crippen LogP contribution in [0.1, 0.15) is 20.8 Å². The molecule has 13 heavy (non-hydrogen) atoms. The van der Waals surface area contributed by atoms with Crippen molar-refractivity contribution in [3.63, 3.8) is 0 Å². The van der Waals surface area contributed by atoms with Crippen LogP contribution < -0.4 is 0 Å². The van der Waals surface area contributed by atoms with Crippen LogP contribution in [0.25, 0.3) is 0 Å². The van der Waals surface area contributed by atoms with Crippen molar-refractivity contribution in [2.24, 2.45) is 5.92 Å². The Balaban J connectivity index is 2.85. The summed E-state index contributed by atoms with van der Waals surface area (Å²) in [5.41, 5.74) is 0.352. The maximum absolute atomic E-state index is 11.5. The molecule has 0 unspecified atom stereocenters. The maximum Gasteiger partial charge on any atom is 0.258 e. The molecule has 0 saturated carbocycles. The van der Waals surface area contributed by atoms with Crippen molar-refractivity contribution in [2.75, 3.05) is 6.54 Å². The predicted molar refractivity (Wildman–Crippen MR) is 54.5 cm³/mol. The van der Waals surface area contributed by atoms with Crippen molar-refractivity contribution in [3.8, 4) is 0 Å². The monoisotopic (exact) mass is 199 g/mol. The van der Waals surface area contributed by atoms with Crippen LogP contribution in [0.4, 0.5) is 0 Å². The molecule has 0 bridgehead atoms. The highest BCUT2D eigenvalue weighted by Gasteiger charge is 2.32. The van der Waals surface area contributed by atoms with Crippen LogP contribution in [-0.4, -0.2) is 27.4 Å². The molecule has 3 nitrogen and oxygen atoms in total. The fraction of sp³-hybridized carbons (Fsp3) is 0.556. The van der Waals surface area contributed by atoms with Gasteiger partial charge in [0.15, 0.2) is 10.7 Å². The fourth-order valence-corrected chi connectivity index (χ4v) is 1.53. The quantitative estimate of drug-likeness (QED) is 0.687. The van der Waals surface area contributed by atoms with E-state index in [1.165, 1.54) is 4.90 Å². The Morgan fingerprint density at radius 3 is 2.38 bits per heavy atom. The number of rotatable bonds is 2. The lowest BCUT2D eigenvalue weighted by Gasteiger charge is -2.18. The van der Waals surface area contributed by atoms with E-state index in [4.69, 9.17) is 12.2 Å². The highest BCUT2D eigenvalue weighted by molar-refractivity contribution is 7.80. The van der Waals surface area contributed by atoms with Gasteiger partial charge in [-0.25, -0.2) is 0 Å². The molecule has 1 amide bonds. The largest absolute Gasteiger partial charge is 0.504 e. The summed E-state index contributed by atoms with van der Waals surface area (Å²) in [5, 5.41) is 9.40. The normalized spacial score (nSPS) is 18.0. The van der Waals surface area contributed by atoms with Gasteiger partial charge in [-0.2, -0.15) is 0 Å². The van der Waals surface area contributed by atoms with Crippen molar-refractivity contribution < 1.29 is 9.90 Å². The lowest BCUT2D eigenvalue weighted by atomic mass is 10.2. The summed E-state index contributed by atoms with van der Waals surface area (Å²) in [4.78, 5) is 13.2. The number of aliphatic hydroxyl groups excluding tert-OH is 1. The Labute approximate surface area is 83.0 Å². The summed E-state index contributed by atoms with van der Waals surface area (Å²) in [6, 6.07) is 0. The highest BCUT2D eigenvalue weighted by atomic mass is 32.1. The summed E-state index contributed by atoms with van der Waals surface area (Å²) >= 11 is 4.93. The van der Waals surface area contributed by atoms with Crippen molar-refractivity contribution in [3.05, 3.63) is 11.3 Å². The molecule has 0 aromatic rings. The molecule has 0 aliphatic carbocycles. The van der Waals surface area contributed by atoms with Crippen LogP contribution in [0, 0.1) is 5.92 Å². The lowest BCUT2D eigenvalue weighted by Crippen LogP contribution is -2.33. The smallest absolute Gasteiger partial charge is 0.258 e. The minimum Gasteiger partial charge on any atom is -0.504 e. The summed E-state index contributed by atoms with van der Waals surface area (Å²) in [7, 11) is 0. The molecule has 0 aromatic heterocycles. The molecule has 4 heteroatoms. The zero-order chi connectivity index (χ0) is 10.2. The van der Waals surface area contributed by atoms with E-state index in [0.717, 1.165) is 0 Å². The van der Waals surface area contributed by atoms with Gasteiger partial charge in [-0.1, -0.05) is 26.1 Å². The van der Waals surface area contributed by atoms with Crippen LogP contribution in [-0.2, 0) is 4.79 Å². The topological polar surface area (TPSA) is 40.5 Å². The third-order valence-electron chi connectivity index (χ3n) is 1.92. The van der Waals surface area contributed by atoms with Crippen molar-refractivity contribution >= 4 is 23.1 Å². The first-order chi connectivity index (χ1) is 5.95. The summed E-state index contributed by atoms with van der Waals surface area (Å²) in [6.07, 6.45) is 0. The zero-order valence-electron chi connectivity index (χ0n) is 8.00. The lowest BCUT2D eigenvalue weighted by molar-refractivity contribution is -0.123. The summed E-state index contributed by atoms with van der Waals surface area (Å²) in [6.45, 7) is 6.16. The second kappa shape index (κ2) is 3.46. The van der Waals surface area contributed by atoms with Crippen LogP contribution >= 0.6 is 12.2 Å². The molecule has 0 atom stereocenters. The van der Waals surface area contributed by atoms with E-state index in [0.29, 0.717) is 18.0 Å². The first kappa shape index (κ1) is 10.2. The zero-order valence-corrected chi connectivity index (χ0v) is 8.81. The number of aliphatic hydroxyl groups is 1. The van der Waals surface area contributed by atoms with Crippen LogP contribution in [0.2, 0.25) is 0 Å². The number of hydrogen-bond donors (Lipinski definition) is 1. The van der Waals surface area contributed by atoms with Gasteiger partial charge in [-0.3, -0.25) is 9.69 Å². The van der Waals surface area contributed by atoms with Gasteiger partial charge in [0.25, 0.3) is 5.91 Å². The van der Waals surface area contributed by atoms with E-state index in [2.05, 4.69) is 0 Å². The average molecular weight is 199 g/mol. The van der Waals surface area contributed by atoms with Crippen LogP contribution in [0.3, 0.4) is 0 Å². The first-order valence-electron chi connectivity index (χ1n) is 4.21. The van der Waals surface area contributed by atoms with E-state index in [9.17, 15) is 9.90 Å². The van der Waals surface area contributed by atoms with Crippen molar-refractivity contribution in [1.29, 1.82) is 0 Å². The van der Waals surface area contributed by atoms with Crippen LogP contribution in [0.5, 0.6) is 0 Å². The second-order valence-corrected chi connectivity index (χ2v) is 3.98. The molecule has 1 aliphatic rings. The molecule has 0 spiro atoms. The molecule has 1 N–H and O–H groups in total. The molecule has 1 aliphatic heterocycles. The van der Waals surface area contributed by atoms with Gasteiger partial charge in [0.2, 0.25) is 0 Å². The Morgan fingerprint density at radius 2 is 2.08 bits per heavy atom. The van der Waals surface area contributed by atoms with Gasteiger partial charge in [-0.05, 0) is 12.8 Å². The highest BCUT2D eigenvalue weighted by Crippen LogP contribution is 2.20. The predicted octanol–water partition coefficient (Wildman–Crippen LogP) is 1.64. The fourth-order valence-electron chi connectivity index (χ4n) is 1.22. The number of carbonyl (C=O) groups excluding carboxylic acids is 1. The minimum atomic E-state index is -0.170. The molecule has 0 fully saturated rings. The van der Waals surface area contributed by atoms with E-state index < -0.39 is 0 Å². The van der Waals surface area contributed by atoms with Crippen molar-refractivity contribution in [1.82, 2.24) is 4.90 Å². The third kappa shape index (κ3) is 1.72. The number of thiocarbonyl (C=S) groups is 1. The molecular formula is C9H13NO2S. The molecule has 1 rings (SSSR count). The standard InChI is InChI=1S/C9H13NO2S/c1-5(2)4-10-8(12)6(3)7(11)9(10)13/h5,11H,4H2,1-3H3. The van der Waals surface area contributed by atoms with Crippen LogP contribution in [0.15, 0.2) is 11.3 Å². The van der Waals surface area contributed by atoms with E-state index in [1.807, 2.05) is 13.8 Å². The number of amides is 1. The SMILES string of the molecule is CC1=C(O)C(=S)N(CC(C)C)C1=O. The second-order valence-electron chi connectivity index (χ2n) is 3.59. The minimum absolute atomic E-state index is 0.0411. The molecule has 72 valence electrons. The summed E-state index contributed by atoms with van der Waals surface area (Å²) in [5.74, 6) is 0.137. The number of hydrogen-bond acceptors (Lipinski definition) is 3. The summed E-state index contributed by atoms with van der Waals surface area (Å²) < 4.78 is 0. The molecular weight excluding hydrogens is 186 g/mol. The van der Waals surface area contributed by atoms with Gasteiger partial charge >= 0.3 is 0 Å². The Morgan fingerprint density at radius 1 is 1.54 bits per heavy atom. The Kier molecular flexibility index (Phi) is 2.71. The number of nitrogens with zero attached hydrogens (tertiary/aromatic N) is 1. The van der Waals surface area contributed by atoms with E-state index in [-0.39, 0.29) is 16.7 Å². The van der Waals surface area contributed by atoms with Gasteiger partial charge in [0, 0.05) is 6.54 Å². The maximum atomic E-state index is 11.5.